The van der Waals surface area contributed by atoms with Gasteiger partial charge in [0, 0.05) is 24.5 Å². The summed E-state index contributed by atoms with van der Waals surface area (Å²) in [5, 5.41) is 3.58. The van der Waals surface area contributed by atoms with Crippen LogP contribution in [-0.4, -0.2) is 36.4 Å². The van der Waals surface area contributed by atoms with Crippen LogP contribution in [0.5, 0.6) is 5.75 Å². The number of halogens is 1. The summed E-state index contributed by atoms with van der Waals surface area (Å²) in [4.78, 5) is 27.6. The van der Waals surface area contributed by atoms with Crippen LogP contribution in [0.2, 0.25) is 5.02 Å². The average molecular weight is 431 g/mol. The molecule has 2 aromatic carbocycles. The second-order valence-electron chi connectivity index (χ2n) is 7.18. The number of methoxy groups -OCH3 is 1. The first-order valence-electron chi connectivity index (χ1n) is 10.4. The molecule has 162 valence electrons. The average Bonchev–Trinajstić information content (AvgIpc) is 2.77. The Kier molecular flexibility index (Phi) is 9.68. The zero-order chi connectivity index (χ0) is 21.9. The maximum absolute atomic E-state index is 13.2. The predicted octanol–water partition coefficient (Wildman–Crippen LogP) is 4.61. The number of aryl methyl sites for hydroxylation is 1. The molecular formula is C24H31ClN2O3. The minimum atomic E-state index is -0.516. The number of rotatable bonds is 11. The van der Waals surface area contributed by atoms with E-state index >= 15 is 0 Å². The van der Waals surface area contributed by atoms with Gasteiger partial charge in [-0.25, -0.2) is 0 Å². The first-order valence-corrected chi connectivity index (χ1v) is 10.8. The summed E-state index contributed by atoms with van der Waals surface area (Å²) < 4.78 is 5.21. The third-order valence-electron chi connectivity index (χ3n) is 5.01. The Morgan fingerprint density at radius 3 is 2.40 bits per heavy atom. The highest BCUT2D eigenvalue weighted by atomic mass is 35.5. The van der Waals surface area contributed by atoms with Crippen molar-refractivity contribution in [3.63, 3.8) is 0 Å². The van der Waals surface area contributed by atoms with E-state index in [4.69, 9.17) is 16.3 Å². The van der Waals surface area contributed by atoms with E-state index in [9.17, 15) is 9.59 Å². The molecule has 0 aliphatic heterocycles. The highest BCUT2D eigenvalue weighted by Crippen LogP contribution is 2.20. The van der Waals surface area contributed by atoms with Gasteiger partial charge in [0.2, 0.25) is 11.8 Å². The molecule has 1 atom stereocenters. The SMILES string of the molecule is CCCNC(=O)[C@H](CC)N(Cc1ccc(OC)cc1)C(=O)CCc1ccccc1Cl. The Balaban J connectivity index is 2.20. The Morgan fingerprint density at radius 1 is 1.10 bits per heavy atom. The van der Waals surface area contributed by atoms with Crippen LogP contribution in [0.1, 0.15) is 44.2 Å². The van der Waals surface area contributed by atoms with E-state index in [2.05, 4.69) is 5.32 Å². The van der Waals surface area contributed by atoms with E-state index < -0.39 is 6.04 Å². The van der Waals surface area contributed by atoms with Gasteiger partial charge in [0.25, 0.3) is 0 Å². The zero-order valence-electron chi connectivity index (χ0n) is 18.0. The lowest BCUT2D eigenvalue weighted by Gasteiger charge is -2.31. The van der Waals surface area contributed by atoms with Crippen molar-refractivity contribution in [1.29, 1.82) is 0 Å². The van der Waals surface area contributed by atoms with Crippen LogP contribution in [0.4, 0.5) is 0 Å². The molecule has 0 fully saturated rings. The fraction of sp³-hybridized carbons (Fsp3) is 0.417. The van der Waals surface area contributed by atoms with Crippen molar-refractivity contribution in [2.75, 3.05) is 13.7 Å². The molecule has 0 aliphatic rings. The predicted molar refractivity (Wildman–Crippen MR) is 121 cm³/mol. The molecular weight excluding hydrogens is 400 g/mol. The molecule has 2 aromatic rings. The lowest BCUT2D eigenvalue weighted by Crippen LogP contribution is -2.49. The number of carbonyl (C=O) groups is 2. The van der Waals surface area contributed by atoms with Crippen molar-refractivity contribution >= 4 is 23.4 Å². The van der Waals surface area contributed by atoms with E-state index in [1.54, 1.807) is 12.0 Å². The number of amides is 2. The quantitative estimate of drug-likeness (QED) is 0.566. The third kappa shape index (κ3) is 6.77. The lowest BCUT2D eigenvalue weighted by molar-refractivity contribution is -0.141. The number of hydrogen-bond donors (Lipinski definition) is 1. The standard InChI is InChI=1S/C24H31ClN2O3/c1-4-16-26-24(29)22(5-2)27(17-18-10-13-20(30-3)14-11-18)23(28)15-12-19-8-6-7-9-21(19)25/h6-11,13-14,22H,4-5,12,15-17H2,1-3H3,(H,26,29)/t22-/m0/s1. The summed E-state index contributed by atoms with van der Waals surface area (Å²) in [5.74, 6) is 0.575. The summed E-state index contributed by atoms with van der Waals surface area (Å²) in [7, 11) is 1.62. The van der Waals surface area contributed by atoms with Crippen LogP contribution >= 0.6 is 11.6 Å². The summed E-state index contributed by atoms with van der Waals surface area (Å²) in [5.41, 5.74) is 1.88. The summed E-state index contributed by atoms with van der Waals surface area (Å²) in [6.45, 7) is 4.90. The van der Waals surface area contributed by atoms with Crippen LogP contribution in [0.3, 0.4) is 0 Å². The van der Waals surface area contributed by atoms with Gasteiger partial charge in [0.05, 0.1) is 7.11 Å². The lowest BCUT2D eigenvalue weighted by atomic mass is 10.1. The monoisotopic (exact) mass is 430 g/mol. The highest BCUT2D eigenvalue weighted by molar-refractivity contribution is 6.31. The highest BCUT2D eigenvalue weighted by Gasteiger charge is 2.28. The zero-order valence-corrected chi connectivity index (χ0v) is 18.7. The third-order valence-corrected chi connectivity index (χ3v) is 5.38. The molecule has 0 saturated heterocycles. The Morgan fingerprint density at radius 2 is 1.80 bits per heavy atom. The van der Waals surface area contributed by atoms with Gasteiger partial charge >= 0.3 is 0 Å². The molecule has 0 radical (unpaired) electrons. The molecule has 0 bridgehead atoms. The molecule has 0 aliphatic carbocycles. The molecule has 1 N–H and O–H groups in total. The maximum atomic E-state index is 13.2. The fourth-order valence-corrected chi connectivity index (χ4v) is 3.53. The smallest absolute Gasteiger partial charge is 0.242 e. The second-order valence-corrected chi connectivity index (χ2v) is 7.58. The van der Waals surface area contributed by atoms with Gasteiger partial charge in [-0.2, -0.15) is 0 Å². The first kappa shape index (κ1) is 23.7. The number of hydrogen-bond acceptors (Lipinski definition) is 3. The van der Waals surface area contributed by atoms with Gasteiger partial charge in [-0.3, -0.25) is 9.59 Å². The van der Waals surface area contributed by atoms with Crippen LogP contribution < -0.4 is 10.1 Å². The molecule has 0 saturated carbocycles. The number of ether oxygens (including phenoxy) is 1. The van der Waals surface area contributed by atoms with Gasteiger partial charge < -0.3 is 15.0 Å². The topological polar surface area (TPSA) is 58.6 Å². The van der Waals surface area contributed by atoms with Gasteiger partial charge in [0.15, 0.2) is 0 Å². The molecule has 6 heteroatoms. The van der Waals surface area contributed by atoms with E-state index in [1.165, 1.54) is 0 Å². The second kappa shape index (κ2) is 12.2. The number of benzene rings is 2. The first-order chi connectivity index (χ1) is 14.5. The summed E-state index contributed by atoms with van der Waals surface area (Å²) >= 11 is 6.24. The van der Waals surface area contributed by atoms with Crippen LogP contribution in [-0.2, 0) is 22.6 Å². The van der Waals surface area contributed by atoms with Gasteiger partial charge in [-0.05, 0) is 48.6 Å². The van der Waals surface area contributed by atoms with Crippen LogP contribution in [0, 0.1) is 0 Å². The minimum Gasteiger partial charge on any atom is -0.497 e. The minimum absolute atomic E-state index is 0.0655. The van der Waals surface area contributed by atoms with E-state index in [-0.39, 0.29) is 18.2 Å². The van der Waals surface area contributed by atoms with Gasteiger partial charge in [-0.15, -0.1) is 0 Å². The molecule has 0 unspecified atom stereocenters. The molecule has 5 nitrogen and oxygen atoms in total. The van der Waals surface area contributed by atoms with Gasteiger partial charge in [0.1, 0.15) is 11.8 Å². The maximum Gasteiger partial charge on any atom is 0.242 e. The van der Waals surface area contributed by atoms with Crippen molar-refractivity contribution < 1.29 is 14.3 Å². The molecule has 0 spiro atoms. The largest absolute Gasteiger partial charge is 0.497 e. The molecule has 30 heavy (non-hydrogen) atoms. The number of carbonyl (C=O) groups excluding carboxylic acids is 2. The van der Waals surface area contributed by atoms with Gasteiger partial charge in [-0.1, -0.05) is 55.8 Å². The Labute approximate surface area is 184 Å². The Bertz CT molecular complexity index is 823. The van der Waals surface area contributed by atoms with Crippen molar-refractivity contribution in [2.24, 2.45) is 0 Å². The molecule has 2 rings (SSSR count). The number of nitrogens with one attached hydrogen (secondary N) is 1. The van der Waals surface area contributed by atoms with Crippen LogP contribution in [0.25, 0.3) is 0 Å². The normalized spacial score (nSPS) is 11.6. The Hall–Kier alpha value is -2.53. The molecule has 2 amide bonds. The number of nitrogens with zero attached hydrogens (tertiary/aromatic N) is 1. The van der Waals surface area contributed by atoms with Crippen LogP contribution in [0.15, 0.2) is 48.5 Å². The van der Waals surface area contributed by atoms with Crippen molar-refractivity contribution in [2.45, 2.75) is 52.1 Å². The fourth-order valence-electron chi connectivity index (χ4n) is 3.30. The molecule has 0 heterocycles. The van der Waals surface area contributed by atoms with Crippen molar-refractivity contribution in [3.05, 3.63) is 64.7 Å². The van der Waals surface area contributed by atoms with E-state index in [0.29, 0.717) is 31.0 Å². The van der Waals surface area contributed by atoms with E-state index in [1.807, 2.05) is 62.4 Å². The molecule has 0 aromatic heterocycles. The summed E-state index contributed by atoms with van der Waals surface area (Å²) in [6, 6.07) is 14.6. The van der Waals surface area contributed by atoms with E-state index in [0.717, 1.165) is 23.3 Å². The summed E-state index contributed by atoms with van der Waals surface area (Å²) in [6.07, 6.45) is 2.22. The van der Waals surface area contributed by atoms with Crippen molar-refractivity contribution in [1.82, 2.24) is 10.2 Å². The van der Waals surface area contributed by atoms with Crippen molar-refractivity contribution in [3.8, 4) is 5.75 Å².